The number of rotatable bonds is 6. The molecule has 1 atom stereocenters. The zero-order valence-electron chi connectivity index (χ0n) is 19.2. The normalized spacial score (nSPS) is 19.6. The maximum Gasteiger partial charge on any atom is 0.161 e. The van der Waals surface area contributed by atoms with E-state index in [2.05, 4.69) is 53.1 Å². The number of hydrogen-bond acceptors (Lipinski definition) is 9. The Bertz CT molecular complexity index is 1130. The number of piperazine rings is 1. The van der Waals surface area contributed by atoms with Crippen molar-refractivity contribution in [3.8, 4) is 22.6 Å². The second kappa shape index (κ2) is 9.11. The average Bonchev–Trinajstić information content (AvgIpc) is 3.38. The number of H-pyrrole nitrogens is 1. The lowest BCUT2D eigenvalue weighted by Gasteiger charge is -2.43. The summed E-state index contributed by atoms with van der Waals surface area (Å²) in [6, 6.07) is 6.74. The Balaban J connectivity index is 1.22. The van der Waals surface area contributed by atoms with Crippen LogP contribution in [0.2, 0.25) is 0 Å². The van der Waals surface area contributed by atoms with Gasteiger partial charge in [-0.25, -0.2) is 9.97 Å². The molecule has 34 heavy (non-hydrogen) atoms. The highest BCUT2D eigenvalue weighted by Gasteiger charge is 2.31. The highest BCUT2D eigenvalue weighted by molar-refractivity contribution is 5.83. The summed E-state index contributed by atoms with van der Waals surface area (Å²) < 4.78 is 11.6. The number of hydrogen-bond donors (Lipinski definition) is 2. The number of ether oxygens (including phenoxy) is 2. The van der Waals surface area contributed by atoms with E-state index in [0.717, 1.165) is 61.2 Å². The highest BCUT2D eigenvalue weighted by atomic mass is 16.6. The predicted molar refractivity (Wildman–Crippen MR) is 129 cm³/mol. The quantitative estimate of drug-likeness (QED) is 0.567. The Hall–Kier alpha value is -3.37. The average molecular weight is 463 g/mol. The molecule has 0 aliphatic carbocycles. The summed E-state index contributed by atoms with van der Waals surface area (Å²) in [4.78, 5) is 16.2. The minimum absolute atomic E-state index is 0.307. The first kappa shape index (κ1) is 21.2. The zero-order valence-corrected chi connectivity index (χ0v) is 19.2. The van der Waals surface area contributed by atoms with Crippen molar-refractivity contribution in [3.63, 3.8) is 0 Å². The molecule has 3 N–H and O–H groups in total. The number of fused-ring (bicyclic) bond motifs is 1. The molecule has 2 fully saturated rings. The van der Waals surface area contributed by atoms with Gasteiger partial charge in [0.15, 0.2) is 11.5 Å². The van der Waals surface area contributed by atoms with Crippen molar-refractivity contribution in [1.82, 2.24) is 30.0 Å². The number of aromatic nitrogens is 4. The van der Waals surface area contributed by atoms with E-state index in [-0.39, 0.29) is 0 Å². The number of likely N-dealkylation sites (tertiary alicyclic amines) is 1. The lowest BCUT2D eigenvalue weighted by Crippen LogP contribution is -2.51. The molecule has 10 heteroatoms. The van der Waals surface area contributed by atoms with Gasteiger partial charge in [-0.2, -0.15) is 5.10 Å². The summed E-state index contributed by atoms with van der Waals surface area (Å²) in [5, 5.41) is 6.94. The second-order valence-corrected chi connectivity index (χ2v) is 9.04. The van der Waals surface area contributed by atoms with Crippen LogP contribution in [-0.4, -0.2) is 89.0 Å². The smallest absolute Gasteiger partial charge is 0.161 e. The number of nitrogen functional groups attached to an aromatic ring is 1. The van der Waals surface area contributed by atoms with Crippen molar-refractivity contribution in [3.05, 3.63) is 42.5 Å². The van der Waals surface area contributed by atoms with Crippen LogP contribution in [0.1, 0.15) is 18.0 Å². The van der Waals surface area contributed by atoms with Crippen molar-refractivity contribution in [2.45, 2.75) is 12.5 Å². The fourth-order valence-corrected chi connectivity index (χ4v) is 5.05. The van der Waals surface area contributed by atoms with Crippen LogP contribution in [0.3, 0.4) is 0 Å². The van der Waals surface area contributed by atoms with E-state index in [9.17, 15) is 0 Å². The van der Waals surface area contributed by atoms with Crippen LogP contribution in [0.4, 0.5) is 11.6 Å². The Labute approximate surface area is 198 Å². The molecule has 3 aromatic rings. The Kier molecular flexibility index (Phi) is 5.68. The molecule has 2 saturated heterocycles. The minimum Gasteiger partial charge on any atom is -0.486 e. The fourth-order valence-electron chi connectivity index (χ4n) is 5.05. The van der Waals surface area contributed by atoms with E-state index >= 15 is 0 Å². The molecule has 1 aromatic carbocycles. The van der Waals surface area contributed by atoms with E-state index in [1.165, 1.54) is 25.1 Å². The molecule has 0 bridgehead atoms. The molecule has 3 aliphatic heterocycles. The van der Waals surface area contributed by atoms with E-state index in [1.807, 2.05) is 6.20 Å². The van der Waals surface area contributed by atoms with Gasteiger partial charge in [-0.3, -0.25) is 10.00 Å². The number of anilines is 2. The summed E-state index contributed by atoms with van der Waals surface area (Å²) in [6.07, 6.45) is 6.43. The molecular formula is C24H30N8O2. The van der Waals surface area contributed by atoms with Gasteiger partial charge in [0.2, 0.25) is 0 Å². The number of benzene rings is 1. The molecule has 0 amide bonds. The number of aromatic amines is 1. The second-order valence-electron chi connectivity index (χ2n) is 9.04. The van der Waals surface area contributed by atoms with E-state index in [4.69, 9.17) is 15.2 Å². The largest absolute Gasteiger partial charge is 0.486 e. The van der Waals surface area contributed by atoms with Gasteiger partial charge in [-0.05, 0) is 37.2 Å². The summed E-state index contributed by atoms with van der Waals surface area (Å²) in [7, 11) is 0. The van der Waals surface area contributed by atoms with E-state index in [1.54, 1.807) is 12.5 Å². The van der Waals surface area contributed by atoms with Crippen molar-refractivity contribution < 1.29 is 9.47 Å². The first-order valence-electron chi connectivity index (χ1n) is 12.0. The van der Waals surface area contributed by atoms with Crippen molar-refractivity contribution in [2.75, 3.05) is 69.7 Å². The van der Waals surface area contributed by atoms with Gasteiger partial charge >= 0.3 is 0 Å². The standard InChI is InChI=1S/C24H30N8O2/c25-23-22(18-13-28-29-14-18)24(27-16-26-23)32-8-6-31(7-9-32)19(15-30-4-1-5-30)17-2-3-20-21(12-17)34-11-10-33-20/h2-3,12-14,16,19H,1,4-11,15H2,(H,28,29)(H2,25,26,27)/t19-/m0/s1. The van der Waals surface area contributed by atoms with Crippen LogP contribution < -0.4 is 20.1 Å². The summed E-state index contributed by atoms with van der Waals surface area (Å²) in [5.74, 6) is 3.04. The predicted octanol–water partition coefficient (Wildman–Crippen LogP) is 1.79. The van der Waals surface area contributed by atoms with Crippen LogP contribution in [0.25, 0.3) is 11.1 Å². The van der Waals surface area contributed by atoms with E-state index < -0.39 is 0 Å². The Morgan fingerprint density at radius 2 is 1.82 bits per heavy atom. The highest BCUT2D eigenvalue weighted by Crippen LogP contribution is 2.36. The maximum absolute atomic E-state index is 6.25. The Morgan fingerprint density at radius 1 is 1.00 bits per heavy atom. The van der Waals surface area contributed by atoms with Crippen LogP contribution >= 0.6 is 0 Å². The molecule has 10 nitrogen and oxygen atoms in total. The third kappa shape index (κ3) is 4.03. The molecule has 2 aromatic heterocycles. The first-order chi connectivity index (χ1) is 16.8. The van der Waals surface area contributed by atoms with Gasteiger partial charge in [0, 0.05) is 50.5 Å². The minimum atomic E-state index is 0.307. The molecule has 5 heterocycles. The van der Waals surface area contributed by atoms with Crippen LogP contribution in [-0.2, 0) is 0 Å². The molecule has 0 radical (unpaired) electrons. The Morgan fingerprint density at radius 3 is 2.56 bits per heavy atom. The SMILES string of the molecule is Nc1ncnc(N2CCN([C@@H](CN3CCC3)c3ccc4c(c3)OCCO4)CC2)c1-c1cn[nH]c1. The molecule has 6 rings (SSSR count). The summed E-state index contributed by atoms with van der Waals surface area (Å²) in [5.41, 5.74) is 9.28. The number of nitrogens with one attached hydrogen (secondary N) is 1. The van der Waals surface area contributed by atoms with E-state index in [0.29, 0.717) is 25.1 Å². The zero-order chi connectivity index (χ0) is 22.9. The molecule has 0 unspecified atom stereocenters. The molecule has 0 saturated carbocycles. The first-order valence-corrected chi connectivity index (χ1v) is 12.0. The third-order valence-electron chi connectivity index (χ3n) is 7.03. The molecule has 178 valence electrons. The number of nitrogens with two attached hydrogens (primary N) is 1. The fraction of sp³-hybridized carbons (Fsp3) is 0.458. The van der Waals surface area contributed by atoms with Crippen LogP contribution in [0.15, 0.2) is 36.9 Å². The third-order valence-corrected chi connectivity index (χ3v) is 7.03. The van der Waals surface area contributed by atoms with Crippen LogP contribution in [0.5, 0.6) is 11.5 Å². The van der Waals surface area contributed by atoms with Gasteiger partial charge in [-0.15, -0.1) is 0 Å². The van der Waals surface area contributed by atoms with Gasteiger partial charge in [0.05, 0.1) is 11.8 Å². The van der Waals surface area contributed by atoms with Crippen molar-refractivity contribution >= 4 is 11.6 Å². The topological polar surface area (TPSA) is 109 Å². The van der Waals surface area contributed by atoms with Gasteiger partial charge in [-0.1, -0.05) is 6.07 Å². The lowest BCUT2D eigenvalue weighted by atomic mass is 10.0. The molecule has 0 spiro atoms. The maximum atomic E-state index is 6.25. The molecular weight excluding hydrogens is 432 g/mol. The summed E-state index contributed by atoms with van der Waals surface area (Å²) in [6.45, 7) is 8.19. The molecule has 3 aliphatic rings. The van der Waals surface area contributed by atoms with Gasteiger partial charge in [0.25, 0.3) is 0 Å². The summed E-state index contributed by atoms with van der Waals surface area (Å²) >= 11 is 0. The van der Waals surface area contributed by atoms with Gasteiger partial charge in [0.1, 0.15) is 31.2 Å². The number of nitrogens with zero attached hydrogens (tertiary/aromatic N) is 6. The van der Waals surface area contributed by atoms with Crippen LogP contribution in [0, 0.1) is 0 Å². The van der Waals surface area contributed by atoms with Crippen molar-refractivity contribution in [2.24, 2.45) is 0 Å². The monoisotopic (exact) mass is 462 g/mol. The lowest BCUT2D eigenvalue weighted by molar-refractivity contribution is 0.0961. The van der Waals surface area contributed by atoms with Crippen molar-refractivity contribution in [1.29, 1.82) is 0 Å². The van der Waals surface area contributed by atoms with Gasteiger partial charge < -0.3 is 25.0 Å².